The summed E-state index contributed by atoms with van der Waals surface area (Å²) < 4.78 is 0. The van der Waals surface area contributed by atoms with Gasteiger partial charge < -0.3 is 11.1 Å². The molecule has 3 N–H and O–H groups in total. The van der Waals surface area contributed by atoms with Gasteiger partial charge in [0.15, 0.2) is 0 Å². The number of amides is 1. The van der Waals surface area contributed by atoms with Crippen molar-refractivity contribution < 1.29 is 4.79 Å². The van der Waals surface area contributed by atoms with Crippen molar-refractivity contribution in [3.8, 4) is 0 Å². The summed E-state index contributed by atoms with van der Waals surface area (Å²) in [6.07, 6.45) is 2.76. The van der Waals surface area contributed by atoms with Gasteiger partial charge in [0.1, 0.15) is 0 Å². The maximum Gasteiger partial charge on any atom is 0.241 e. The standard InChI is InChI=1S/C15H24N2O/c1-4-6-14(16)15(18)17-13-9-7-12(8-10-13)11(3)5-2/h7-11,14H,4-6,16H2,1-3H3,(H,17,18). The molecule has 1 aromatic rings. The number of rotatable bonds is 6. The van der Waals surface area contributed by atoms with E-state index in [9.17, 15) is 4.79 Å². The SMILES string of the molecule is CCCC(N)C(=O)Nc1ccc(C(C)CC)cc1. The Labute approximate surface area is 110 Å². The molecule has 1 amide bonds. The smallest absolute Gasteiger partial charge is 0.241 e. The van der Waals surface area contributed by atoms with E-state index in [0.29, 0.717) is 5.92 Å². The zero-order valence-electron chi connectivity index (χ0n) is 11.6. The van der Waals surface area contributed by atoms with Crippen LogP contribution in [0.2, 0.25) is 0 Å². The molecule has 100 valence electrons. The maximum atomic E-state index is 11.7. The first-order valence-corrected chi connectivity index (χ1v) is 6.74. The molecule has 3 nitrogen and oxygen atoms in total. The molecule has 0 fully saturated rings. The average molecular weight is 248 g/mol. The van der Waals surface area contributed by atoms with Crippen molar-refractivity contribution in [2.45, 2.75) is 52.0 Å². The van der Waals surface area contributed by atoms with Crippen LogP contribution in [0, 0.1) is 0 Å². The second kappa shape index (κ2) is 7.17. The van der Waals surface area contributed by atoms with Crippen molar-refractivity contribution in [1.82, 2.24) is 0 Å². The maximum absolute atomic E-state index is 11.7. The van der Waals surface area contributed by atoms with Gasteiger partial charge in [-0.25, -0.2) is 0 Å². The fraction of sp³-hybridized carbons (Fsp3) is 0.533. The van der Waals surface area contributed by atoms with Crippen LogP contribution in [-0.2, 0) is 4.79 Å². The molecule has 0 aliphatic carbocycles. The Morgan fingerprint density at radius 1 is 1.28 bits per heavy atom. The van der Waals surface area contributed by atoms with Crippen molar-refractivity contribution in [3.63, 3.8) is 0 Å². The molecule has 18 heavy (non-hydrogen) atoms. The van der Waals surface area contributed by atoms with E-state index in [4.69, 9.17) is 5.73 Å². The lowest BCUT2D eigenvalue weighted by Gasteiger charge is -2.13. The largest absolute Gasteiger partial charge is 0.325 e. The lowest BCUT2D eigenvalue weighted by molar-refractivity contribution is -0.117. The zero-order valence-corrected chi connectivity index (χ0v) is 11.6. The molecule has 0 aliphatic heterocycles. The van der Waals surface area contributed by atoms with Gasteiger partial charge in [-0.3, -0.25) is 4.79 Å². The van der Waals surface area contributed by atoms with Gasteiger partial charge in [0, 0.05) is 5.69 Å². The highest BCUT2D eigenvalue weighted by atomic mass is 16.2. The number of carbonyl (C=O) groups is 1. The number of nitrogens with two attached hydrogens (primary N) is 1. The molecule has 0 aliphatic rings. The third kappa shape index (κ3) is 4.15. The highest BCUT2D eigenvalue weighted by Crippen LogP contribution is 2.20. The first-order chi connectivity index (χ1) is 8.58. The minimum absolute atomic E-state index is 0.104. The van der Waals surface area contributed by atoms with Crippen LogP contribution < -0.4 is 11.1 Å². The van der Waals surface area contributed by atoms with Crippen LogP contribution in [0.5, 0.6) is 0 Å². The van der Waals surface area contributed by atoms with Crippen LogP contribution in [-0.4, -0.2) is 11.9 Å². The van der Waals surface area contributed by atoms with E-state index >= 15 is 0 Å². The lowest BCUT2D eigenvalue weighted by Crippen LogP contribution is -2.35. The van der Waals surface area contributed by atoms with Gasteiger partial charge in [-0.15, -0.1) is 0 Å². The molecule has 0 saturated heterocycles. The Morgan fingerprint density at radius 2 is 1.89 bits per heavy atom. The second-order valence-electron chi connectivity index (χ2n) is 4.82. The molecule has 0 aromatic heterocycles. The normalized spacial score (nSPS) is 14.0. The number of anilines is 1. The molecule has 0 bridgehead atoms. The van der Waals surface area contributed by atoms with Gasteiger partial charge in [0.25, 0.3) is 0 Å². The van der Waals surface area contributed by atoms with Crippen molar-refractivity contribution in [3.05, 3.63) is 29.8 Å². The van der Waals surface area contributed by atoms with E-state index < -0.39 is 6.04 Å². The summed E-state index contributed by atoms with van der Waals surface area (Å²) in [7, 11) is 0. The fourth-order valence-corrected chi connectivity index (χ4v) is 1.81. The molecule has 1 aromatic carbocycles. The summed E-state index contributed by atoms with van der Waals surface area (Å²) >= 11 is 0. The summed E-state index contributed by atoms with van der Waals surface area (Å²) in [5.41, 5.74) is 7.88. The van der Waals surface area contributed by atoms with Gasteiger partial charge in [-0.2, -0.15) is 0 Å². The predicted molar refractivity (Wildman–Crippen MR) is 76.7 cm³/mol. The first kappa shape index (κ1) is 14.7. The Bertz CT molecular complexity index is 373. The Balaban J connectivity index is 2.61. The van der Waals surface area contributed by atoms with E-state index in [2.05, 4.69) is 31.3 Å². The first-order valence-electron chi connectivity index (χ1n) is 6.74. The molecule has 3 heteroatoms. The van der Waals surface area contributed by atoms with Gasteiger partial charge in [-0.1, -0.05) is 39.3 Å². The Kier molecular flexibility index (Phi) is 5.86. The van der Waals surface area contributed by atoms with E-state index in [1.54, 1.807) is 0 Å². The summed E-state index contributed by atoms with van der Waals surface area (Å²) in [5.74, 6) is 0.449. The second-order valence-corrected chi connectivity index (χ2v) is 4.82. The van der Waals surface area contributed by atoms with Crippen molar-refractivity contribution in [1.29, 1.82) is 0 Å². The monoisotopic (exact) mass is 248 g/mol. The molecule has 0 heterocycles. The topological polar surface area (TPSA) is 55.1 Å². The third-order valence-corrected chi connectivity index (χ3v) is 3.30. The molecule has 2 atom stereocenters. The average Bonchev–Trinajstić information content (AvgIpc) is 2.39. The van der Waals surface area contributed by atoms with Crippen LogP contribution in [0.4, 0.5) is 5.69 Å². The lowest BCUT2D eigenvalue weighted by atomic mass is 9.98. The molecule has 1 rings (SSSR count). The highest BCUT2D eigenvalue weighted by molar-refractivity contribution is 5.94. The van der Waals surface area contributed by atoms with Gasteiger partial charge in [-0.05, 0) is 36.5 Å². The minimum atomic E-state index is -0.413. The summed E-state index contributed by atoms with van der Waals surface area (Å²) in [6, 6.07) is 7.60. The number of carbonyl (C=O) groups excluding carboxylic acids is 1. The van der Waals surface area contributed by atoms with Crippen LogP contribution in [0.25, 0.3) is 0 Å². The number of hydrogen-bond donors (Lipinski definition) is 2. The summed E-state index contributed by atoms with van der Waals surface area (Å²) in [6.45, 7) is 6.39. The van der Waals surface area contributed by atoms with Crippen molar-refractivity contribution >= 4 is 11.6 Å². The van der Waals surface area contributed by atoms with Gasteiger partial charge in [0.2, 0.25) is 5.91 Å². The molecule has 2 unspecified atom stereocenters. The van der Waals surface area contributed by atoms with Gasteiger partial charge in [0.05, 0.1) is 6.04 Å². The van der Waals surface area contributed by atoms with Crippen molar-refractivity contribution in [2.24, 2.45) is 5.73 Å². The third-order valence-electron chi connectivity index (χ3n) is 3.30. The molecular weight excluding hydrogens is 224 g/mol. The fourth-order valence-electron chi connectivity index (χ4n) is 1.81. The van der Waals surface area contributed by atoms with E-state index in [1.165, 1.54) is 5.56 Å². The van der Waals surface area contributed by atoms with Crippen LogP contribution in [0.1, 0.15) is 51.5 Å². The Hall–Kier alpha value is -1.35. The molecule has 0 spiro atoms. The number of hydrogen-bond acceptors (Lipinski definition) is 2. The van der Waals surface area contributed by atoms with E-state index in [-0.39, 0.29) is 5.91 Å². The van der Waals surface area contributed by atoms with Gasteiger partial charge >= 0.3 is 0 Å². The molecular formula is C15H24N2O. The zero-order chi connectivity index (χ0) is 13.5. The van der Waals surface area contributed by atoms with E-state index in [0.717, 1.165) is 24.9 Å². The summed E-state index contributed by atoms with van der Waals surface area (Å²) in [4.78, 5) is 11.7. The Morgan fingerprint density at radius 3 is 2.39 bits per heavy atom. The molecule has 0 saturated carbocycles. The molecule has 0 radical (unpaired) electrons. The number of benzene rings is 1. The van der Waals surface area contributed by atoms with Crippen LogP contribution in [0.15, 0.2) is 24.3 Å². The van der Waals surface area contributed by atoms with Crippen molar-refractivity contribution in [2.75, 3.05) is 5.32 Å². The summed E-state index contributed by atoms with van der Waals surface area (Å²) in [5, 5.41) is 2.85. The predicted octanol–water partition coefficient (Wildman–Crippen LogP) is 3.27. The van der Waals surface area contributed by atoms with Crippen LogP contribution in [0.3, 0.4) is 0 Å². The number of nitrogens with one attached hydrogen (secondary N) is 1. The minimum Gasteiger partial charge on any atom is -0.325 e. The van der Waals surface area contributed by atoms with Crippen LogP contribution >= 0.6 is 0 Å². The van der Waals surface area contributed by atoms with E-state index in [1.807, 2.05) is 19.1 Å². The highest BCUT2D eigenvalue weighted by Gasteiger charge is 2.12. The quantitative estimate of drug-likeness (QED) is 0.811.